The molecule has 0 amide bonds. The van der Waals surface area contributed by atoms with Gasteiger partial charge in [-0.2, -0.15) is 0 Å². The van der Waals surface area contributed by atoms with Crippen LogP contribution in [0.1, 0.15) is 30.9 Å². The van der Waals surface area contributed by atoms with Gasteiger partial charge in [-0.05, 0) is 56.4 Å². The molecular formula is C17H22N4O2. The molecule has 1 aliphatic heterocycles. The molecule has 0 unspecified atom stereocenters. The Labute approximate surface area is 136 Å². The van der Waals surface area contributed by atoms with E-state index in [1.165, 1.54) is 30.4 Å². The molecule has 0 radical (unpaired) electrons. The highest BCUT2D eigenvalue weighted by molar-refractivity contribution is 5.63. The lowest BCUT2D eigenvalue weighted by Crippen LogP contribution is -2.17. The minimum absolute atomic E-state index is 0.373. The molecule has 6 heteroatoms. The number of nitrogens with zero attached hydrogens (tertiary/aromatic N) is 4. The van der Waals surface area contributed by atoms with Gasteiger partial charge >= 0.3 is 0 Å². The molecule has 0 saturated heterocycles. The molecule has 2 heterocycles. The zero-order valence-electron chi connectivity index (χ0n) is 13.9. The van der Waals surface area contributed by atoms with Crippen LogP contribution in [0.2, 0.25) is 0 Å². The lowest BCUT2D eigenvalue weighted by molar-refractivity contribution is 0.333. The van der Waals surface area contributed by atoms with Crippen molar-refractivity contribution in [2.45, 2.75) is 33.1 Å². The fraction of sp³-hybridized carbons (Fsp3) is 0.471. The van der Waals surface area contributed by atoms with Crippen molar-refractivity contribution in [3.8, 4) is 5.75 Å². The number of ether oxygens (including phenoxy) is 1. The molecule has 0 spiro atoms. The van der Waals surface area contributed by atoms with E-state index in [1.807, 2.05) is 6.92 Å². The van der Waals surface area contributed by atoms with Crippen LogP contribution in [0, 0.1) is 6.92 Å². The molecule has 1 aliphatic rings. The Bertz CT molecular complexity index is 709. The monoisotopic (exact) mass is 314 g/mol. The average molecular weight is 314 g/mol. The Morgan fingerprint density at radius 3 is 3.00 bits per heavy atom. The molecule has 0 atom stereocenters. The highest BCUT2D eigenvalue weighted by atomic mass is 16.5. The van der Waals surface area contributed by atoms with E-state index >= 15 is 0 Å². The third kappa shape index (κ3) is 3.36. The van der Waals surface area contributed by atoms with Crippen LogP contribution in [0.4, 0.5) is 17.2 Å². The number of fused-ring (bicyclic) bond motifs is 1. The van der Waals surface area contributed by atoms with Crippen molar-refractivity contribution >= 4 is 17.2 Å². The standard InChI is InChI=1S/C17H22N4O2/c1-4-22-16-11-23-20-17(16)19-18-14-10-13-7-5-6-8-21(3)15(13)9-12(14)2/h9-11H,4-8H2,1-3H3. The minimum atomic E-state index is 0.373. The topological polar surface area (TPSA) is 63.2 Å². The molecule has 0 bridgehead atoms. The molecule has 6 nitrogen and oxygen atoms in total. The van der Waals surface area contributed by atoms with Crippen LogP contribution in [0.3, 0.4) is 0 Å². The van der Waals surface area contributed by atoms with Gasteiger partial charge in [0.05, 0.1) is 12.3 Å². The summed E-state index contributed by atoms with van der Waals surface area (Å²) < 4.78 is 10.3. The first-order valence-electron chi connectivity index (χ1n) is 8.02. The third-order valence-electron chi connectivity index (χ3n) is 4.07. The number of aromatic nitrogens is 1. The Morgan fingerprint density at radius 1 is 1.30 bits per heavy atom. The summed E-state index contributed by atoms with van der Waals surface area (Å²) in [4.78, 5) is 2.32. The van der Waals surface area contributed by atoms with Gasteiger partial charge in [0.15, 0.2) is 6.26 Å². The second-order valence-corrected chi connectivity index (χ2v) is 5.78. The van der Waals surface area contributed by atoms with E-state index in [-0.39, 0.29) is 0 Å². The van der Waals surface area contributed by atoms with Gasteiger partial charge in [-0.25, -0.2) is 0 Å². The summed E-state index contributed by atoms with van der Waals surface area (Å²) in [5, 5.41) is 12.4. The summed E-state index contributed by atoms with van der Waals surface area (Å²) in [6.07, 6.45) is 4.94. The van der Waals surface area contributed by atoms with Gasteiger partial charge in [-0.1, -0.05) is 5.16 Å². The second kappa shape index (κ2) is 6.81. The highest BCUT2D eigenvalue weighted by Gasteiger charge is 2.15. The summed E-state index contributed by atoms with van der Waals surface area (Å²) in [5.74, 6) is 0.890. The maximum absolute atomic E-state index is 5.40. The Hall–Kier alpha value is -2.37. The number of azo groups is 1. The summed E-state index contributed by atoms with van der Waals surface area (Å²) in [6.45, 7) is 5.60. The number of benzene rings is 1. The Morgan fingerprint density at radius 2 is 2.17 bits per heavy atom. The molecule has 2 aromatic rings. The molecule has 0 fully saturated rings. The van der Waals surface area contributed by atoms with Gasteiger partial charge in [0.25, 0.3) is 5.82 Å². The predicted octanol–water partition coefficient (Wildman–Crippen LogP) is 4.57. The number of rotatable bonds is 4. The van der Waals surface area contributed by atoms with Crippen LogP contribution in [0.25, 0.3) is 0 Å². The van der Waals surface area contributed by atoms with Crippen LogP contribution >= 0.6 is 0 Å². The quantitative estimate of drug-likeness (QED) is 0.775. The highest BCUT2D eigenvalue weighted by Crippen LogP contribution is 2.34. The van der Waals surface area contributed by atoms with Crippen molar-refractivity contribution in [2.75, 3.05) is 25.1 Å². The SMILES string of the molecule is CCOc1conc1N=Nc1cc2c(cc1C)N(C)CCCC2. The fourth-order valence-electron chi connectivity index (χ4n) is 2.82. The van der Waals surface area contributed by atoms with Crippen LogP contribution in [0.5, 0.6) is 5.75 Å². The lowest BCUT2D eigenvalue weighted by Gasteiger charge is -2.20. The molecular weight excluding hydrogens is 292 g/mol. The minimum Gasteiger partial charge on any atom is -0.487 e. The van der Waals surface area contributed by atoms with Crippen LogP contribution in [-0.2, 0) is 6.42 Å². The Balaban J connectivity index is 1.90. The van der Waals surface area contributed by atoms with Crippen LogP contribution in [-0.4, -0.2) is 25.4 Å². The molecule has 0 N–H and O–H groups in total. The molecule has 1 aromatic heterocycles. The van der Waals surface area contributed by atoms with Gasteiger partial charge in [-0.15, -0.1) is 10.2 Å². The van der Waals surface area contributed by atoms with Crippen molar-refractivity contribution in [1.29, 1.82) is 0 Å². The normalized spacial score (nSPS) is 14.8. The first kappa shape index (κ1) is 15.5. The third-order valence-corrected chi connectivity index (χ3v) is 4.07. The van der Waals surface area contributed by atoms with Crippen molar-refractivity contribution in [2.24, 2.45) is 10.2 Å². The zero-order chi connectivity index (χ0) is 16.2. The van der Waals surface area contributed by atoms with Crippen molar-refractivity contribution < 1.29 is 9.26 Å². The van der Waals surface area contributed by atoms with E-state index in [2.05, 4.69) is 46.4 Å². The van der Waals surface area contributed by atoms with E-state index in [0.29, 0.717) is 18.2 Å². The average Bonchev–Trinajstić information content (AvgIpc) is 2.90. The number of hydrogen-bond donors (Lipinski definition) is 0. The largest absolute Gasteiger partial charge is 0.487 e. The molecule has 0 saturated carbocycles. The van der Waals surface area contributed by atoms with Crippen LogP contribution in [0.15, 0.2) is 33.1 Å². The maximum atomic E-state index is 5.40. The van der Waals surface area contributed by atoms with Crippen molar-refractivity contribution in [3.05, 3.63) is 29.5 Å². The first-order chi connectivity index (χ1) is 11.2. The fourth-order valence-corrected chi connectivity index (χ4v) is 2.82. The summed E-state index contributed by atoms with van der Waals surface area (Å²) in [6, 6.07) is 4.33. The van der Waals surface area contributed by atoms with Crippen molar-refractivity contribution in [1.82, 2.24) is 5.16 Å². The van der Waals surface area contributed by atoms with Crippen LogP contribution < -0.4 is 9.64 Å². The van der Waals surface area contributed by atoms with Gasteiger partial charge < -0.3 is 14.2 Å². The number of aryl methyl sites for hydroxylation is 2. The van der Waals surface area contributed by atoms with E-state index in [0.717, 1.165) is 24.2 Å². The van der Waals surface area contributed by atoms with E-state index in [9.17, 15) is 0 Å². The maximum Gasteiger partial charge on any atom is 0.258 e. The number of hydrogen-bond acceptors (Lipinski definition) is 6. The molecule has 23 heavy (non-hydrogen) atoms. The lowest BCUT2D eigenvalue weighted by atomic mass is 10.0. The Kier molecular flexibility index (Phi) is 4.60. The molecule has 1 aromatic carbocycles. The van der Waals surface area contributed by atoms with E-state index < -0.39 is 0 Å². The first-order valence-corrected chi connectivity index (χ1v) is 8.02. The molecule has 122 valence electrons. The summed E-state index contributed by atoms with van der Waals surface area (Å²) in [7, 11) is 2.15. The molecule has 3 rings (SSSR count). The smallest absolute Gasteiger partial charge is 0.258 e. The predicted molar refractivity (Wildman–Crippen MR) is 89.2 cm³/mol. The van der Waals surface area contributed by atoms with Gasteiger partial charge in [0, 0.05) is 19.3 Å². The second-order valence-electron chi connectivity index (χ2n) is 5.78. The van der Waals surface area contributed by atoms with E-state index in [1.54, 1.807) is 0 Å². The van der Waals surface area contributed by atoms with Gasteiger partial charge in [0.1, 0.15) is 0 Å². The summed E-state index contributed by atoms with van der Waals surface area (Å²) >= 11 is 0. The van der Waals surface area contributed by atoms with Gasteiger partial charge in [0.2, 0.25) is 5.75 Å². The number of anilines is 1. The van der Waals surface area contributed by atoms with E-state index in [4.69, 9.17) is 9.26 Å². The van der Waals surface area contributed by atoms with Crippen molar-refractivity contribution in [3.63, 3.8) is 0 Å². The summed E-state index contributed by atoms with van der Waals surface area (Å²) in [5.41, 5.74) is 4.59. The van der Waals surface area contributed by atoms with Gasteiger partial charge in [-0.3, -0.25) is 0 Å². The zero-order valence-corrected chi connectivity index (χ0v) is 13.9. The molecule has 0 aliphatic carbocycles.